The molecule has 0 bridgehead atoms. The third-order valence-corrected chi connectivity index (χ3v) is 12.9. The van der Waals surface area contributed by atoms with E-state index in [0.29, 0.717) is 34.5 Å². The lowest BCUT2D eigenvalue weighted by atomic mass is 9.52. The Labute approximate surface area is 335 Å². The molecule has 2 aliphatic heterocycles. The lowest BCUT2D eigenvalue weighted by molar-refractivity contribution is -0.157. The molecule has 3 N–H and O–H groups in total. The van der Waals surface area contributed by atoms with E-state index in [-0.39, 0.29) is 50.0 Å². The minimum atomic E-state index is -1.32. The van der Waals surface area contributed by atoms with Crippen molar-refractivity contribution in [3.8, 4) is 0 Å². The predicted molar refractivity (Wildman–Crippen MR) is 215 cm³/mol. The number of nitrogens with one attached hydrogen (secondary N) is 2. The number of esters is 1. The van der Waals surface area contributed by atoms with E-state index in [4.69, 9.17) is 24.1 Å². The number of aliphatic hydroxyl groups excluding tert-OH is 1. The van der Waals surface area contributed by atoms with E-state index in [2.05, 4.69) is 37.5 Å². The Morgan fingerprint density at radius 1 is 0.860 bits per heavy atom. The normalized spacial score (nSPS) is 30.1. The monoisotopic (exact) mass is 774 g/mol. The van der Waals surface area contributed by atoms with Crippen molar-refractivity contribution in [3.63, 3.8) is 0 Å². The van der Waals surface area contributed by atoms with Gasteiger partial charge in [-0.15, -0.1) is 0 Å². The first-order valence-electron chi connectivity index (χ1n) is 20.5. The topological polar surface area (TPSA) is 136 Å². The first-order chi connectivity index (χ1) is 27.5. The van der Waals surface area contributed by atoms with Gasteiger partial charge in [-0.25, -0.2) is 4.79 Å². The summed E-state index contributed by atoms with van der Waals surface area (Å²) in [5.74, 6) is -1.30. The molecule has 0 spiro atoms. The Hall–Kier alpha value is -4.61. The molecule has 3 aliphatic carbocycles. The molecule has 2 saturated carbocycles. The predicted octanol–water partition coefficient (Wildman–Crippen LogP) is 6.62. The lowest BCUT2D eigenvalue weighted by Crippen LogP contribution is -2.45. The van der Waals surface area contributed by atoms with Crippen LogP contribution >= 0.6 is 0 Å². The Morgan fingerprint density at radius 3 is 2.23 bits per heavy atom. The van der Waals surface area contributed by atoms with Crippen molar-refractivity contribution in [1.29, 1.82) is 0 Å². The fourth-order valence-electron chi connectivity index (χ4n) is 9.62. The zero-order valence-electron chi connectivity index (χ0n) is 33.1. The van der Waals surface area contributed by atoms with Crippen LogP contribution in [0.1, 0.15) is 92.8 Å². The largest absolute Gasteiger partial charge is 0.456 e. The number of aliphatic hydroxyl groups is 1. The number of hydrogen-bond donors (Lipinski definition) is 3. The molecule has 2 amide bonds. The zero-order chi connectivity index (χ0) is 39.8. The van der Waals surface area contributed by atoms with Crippen molar-refractivity contribution in [1.82, 2.24) is 10.6 Å². The molecule has 3 aromatic rings. The van der Waals surface area contributed by atoms with Gasteiger partial charge in [0.15, 0.2) is 0 Å². The molecule has 8 rings (SSSR count). The highest BCUT2D eigenvalue weighted by atomic mass is 16.8. The molecule has 7 atom stereocenters. The fourth-order valence-corrected chi connectivity index (χ4v) is 9.62. The SMILES string of the molecule is CC1(C)CC2C(=Cc3ccc(C(=O)OC4CC(C(=O)NCCC(=O)NCCO)=CC5OC(c6ccccc6)(c6ccccc6)OC54)cc3)CCC3OC3(C)CCC21. The second-order valence-corrected chi connectivity index (χ2v) is 17.2. The Kier molecular flexibility index (Phi) is 11.0. The molecule has 5 aliphatic rings. The van der Waals surface area contributed by atoms with E-state index >= 15 is 0 Å². The van der Waals surface area contributed by atoms with Crippen LogP contribution in [0, 0.1) is 17.3 Å². The molecule has 2 heterocycles. The number of amides is 2. The van der Waals surface area contributed by atoms with E-state index < -0.39 is 30.1 Å². The van der Waals surface area contributed by atoms with Crippen LogP contribution in [0.25, 0.3) is 6.08 Å². The third kappa shape index (κ3) is 8.10. The number of rotatable bonds is 11. The average molecular weight is 775 g/mol. The number of hydrogen-bond acceptors (Lipinski definition) is 8. The van der Waals surface area contributed by atoms with Gasteiger partial charge >= 0.3 is 5.97 Å². The fraction of sp³-hybridized carbons (Fsp3) is 0.468. The number of carbonyl (C=O) groups excluding carboxylic acids is 3. The van der Waals surface area contributed by atoms with E-state index in [1.165, 1.54) is 18.4 Å². The molecule has 3 aromatic carbocycles. The van der Waals surface area contributed by atoms with Crippen molar-refractivity contribution in [2.24, 2.45) is 17.3 Å². The maximum atomic E-state index is 14.0. The minimum Gasteiger partial charge on any atom is -0.456 e. The highest BCUT2D eigenvalue weighted by molar-refractivity contribution is 5.94. The van der Waals surface area contributed by atoms with E-state index in [1.807, 2.05) is 84.9 Å². The van der Waals surface area contributed by atoms with Crippen LogP contribution in [0.15, 0.2) is 102 Å². The summed E-state index contributed by atoms with van der Waals surface area (Å²) in [7, 11) is 0. The van der Waals surface area contributed by atoms with Crippen molar-refractivity contribution in [2.45, 2.75) is 102 Å². The van der Waals surface area contributed by atoms with Crippen LogP contribution in [0.2, 0.25) is 0 Å². The van der Waals surface area contributed by atoms with Gasteiger partial charge in [0.25, 0.3) is 0 Å². The third-order valence-electron chi connectivity index (χ3n) is 12.9. The van der Waals surface area contributed by atoms with Crippen LogP contribution in [0.4, 0.5) is 0 Å². The number of benzene rings is 3. The van der Waals surface area contributed by atoms with E-state index in [9.17, 15) is 14.4 Å². The molecule has 300 valence electrons. The Bertz CT molecular complexity index is 1970. The molecule has 10 nitrogen and oxygen atoms in total. The molecule has 4 fully saturated rings. The number of carbonyl (C=O) groups is 3. The summed E-state index contributed by atoms with van der Waals surface area (Å²) in [6.45, 7) is 7.13. The summed E-state index contributed by atoms with van der Waals surface area (Å²) >= 11 is 0. The number of fused-ring (bicyclic) bond motifs is 3. The lowest BCUT2D eigenvalue weighted by Gasteiger charge is -2.53. The summed E-state index contributed by atoms with van der Waals surface area (Å²) in [6.07, 6.45) is 7.78. The van der Waals surface area contributed by atoms with E-state index in [1.54, 1.807) is 6.08 Å². The van der Waals surface area contributed by atoms with Gasteiger partial charge in [-0.3, -0.25) is 9.59 Å². The summed E-state index contributed by atoms with van der Waals surface area (Å²) in [5.41, 5.74) is 5.19. The van der Waals surface area contributed by atoms with Crippen molar-refractivity contribution >= 4 is 23.9 Å². The van der Waals surface area contributed by atoms with Crippen LogP contribution in [0.3, 0.4) is 0 Å². The van der Waals surface area contributed by atoms with Gasteiger partial charge < -0.3 is 34.7 Å². The van der Waals surface area contributed by atoms with Crippen molar-refractivity contribution < 1.29 is 38.4 Å². The molecule has 0 radical (unpaired) electrons. The summed E-state index contributed by atoms with van der Waals surface area (Å²) in [4.78, 5) is 39.6. The van der Waals surface area contributed by atoms with Gasteiger partial charge in [-0.2, -0.15) is 0 Å². The van der Waals surface area contributed by atoms with Gasteiger partial charge in [0.05, 0.1) is 23.9 Å². The summed E-state index contributed by atoms with van der Waals surface area (Å²) in [5, 5.41) is 14.4. The maximum Gasteiger partial charge on any atom is 0.338 e. The highest BCUT2D eigenvalue weighted by Crippen LogP contribution is 2.60. The molecule has 57 heavy (non-hydrogen) atoms. The standard InChI is InChI=1S/C47H54N2O8/c1-45(2)29-36-32(18-19-40-46(3,56-40)22-20-37(36)45)26-30-14-16-31(17-15-30)44(53)54-38-27-33(43(52)49-23-21-41(51)48-24-25-50)28-39-42(38)57-47(55-39,34-10-6-4-7-11-34)35-12-8-5-9-13-35/h4-17,26,28,36-40,42,50H,18-25,27,29H2,1-3H3,(H,48,51)(H,49,52). The molecular weight excluding hydrogens is 721 g/mol. The zero-order valence-corrected chi connectivity index (χ0v) is 33.1. The van der Waals surface area contributed by atoms with Crippen LogP contribution in [0.5, 0.6) is 0 Å². The number of ether oxygens (including phenoxy) is 4. The Balaban J connectivity index is 1.02. The molecule has 7 unspecified atom stereocenters. The molecule has 0 aromatic heterocycles. The van der Waals surface area contributed by atoms with Crippen LogP contribution in [-0.2, 0) is 34.3 Å². The van der Waals surface area contributed by atoms with Gasteiger partial charge in [-0.1, -0.05) is 98.3 Å². The maximum absolute atomic E-state index is 14.0. The first-order valence-corrected chi connectivity index (χ1v) is 20.5. The highest BCUT2D eigenvalue weighted by Gasteiger charge is 2.57. The van der Waals surface area contributed by atoms with Crippen molar-refractivity contribution in [2.75, 3.05) is 19.7 Å². The molecule has 10 heteroatoms. The Morgan fingerprint density at radius 2 is 1.56 bits per heavy atom. The molecular formula is C47H54N2O8. The van der Waals surface area contributed by atoms with Gasteiger partial charge in [-0.05, 0) is 80.1 Å². The quantitative estimate of drug-likeness (QED) is 0.146. The molecule has 2 saturated heterocycles. The van der Waals surface area contributed by atoms with Gasteiger partial charge in [0.1, 0.15) is 18.3 Å². The van der Waals surface area contributed by atoms with Crippen molar-refractivity contribution in [3.05, 3.63) is 124 Å². The van der Waals surface area contributed by atoms with E-state index in [0.717, 1.165) is 36.0 Å². The second kappa shape index (κ2) is 16.0. The second-order valence-electron chi connectivity index (χ2n) is 17.2. The summed E-state index contributed by atoms with van der Waals surface area (Å²) < 4.78 is 26.1. The first kappa shape index (κ1) is 39.2. The average Bonchev–Trinajstić information content (AvgIpc) is 3.67. The number of allylic oxidation sites excluding steroid dienone is 1. The van der Waals surface area contributed by atoms with Crippen LogP contribution < -0.4 is 10.6 Å². The summed E-state index contributed by atoms with van der Waals surface area (Å²) in [6, 6.07) is 26.8. The van der Waals surface area contributed by atoms with Gasteiger partial charge in [0, 0.05) is 42.6 Å². The van der Waals surface area contributed by atoms with Gasteiger partial charge in [0.2, 0.25) is 17.6 Å². The smallest absolute Gasteiger partial charge is 0.338 e. The minimum absolute atomic E-state index is 0.0334. The number of epoxide rings is 1. The van der Waals surface area contributed by atoms with Crippen LogP contribution in [-0.4, -0.2) is 72.6 Å².